The van der Waals surface area contributed by atoms with E-state index in [0.717, 1.165) is 6.07 Å². The number of anilines is 1. The zero-order valence-corrected chi connectivity index (χ0v) is 9.03. The lowest BCUT2D eigenvalue weighted by Crippen LogP contribution is -2.11. The highest BCUT2D eigenvalue weighted by molar-refractivity contribution is 6.04. The quantitative estimate of drug-likeness (QED) is 0.786. The summed E-state index contributed by atoms with van der Waals surface area (Å²) < 4.78 is 18.3. The van der Waals surface area contributed by atoms with Crippen molar-refractivity contribution in [3.8, 4) is 5.75 Å². The van der Waals surface area contributed by atoms with E-state index < -0.39 is 11.7 Å². The van der Waals surface area contributed by atoms with Crippen LogP contribution in [0.4, 0.5) is 10.1 Å². The molecule has 5 heteroatoms. The Kier molecular flexibility index (Phi) is 2.82. The maximum Gasteiger partial charge on any atom is 0.259 e. The lowest BCUT2D eigenvalue weighted by atomic mass is 10.2. The van der Waals surface area contributed by atoms with Gasteiger partial charge in [0.25, 0.3) is 5.91 Å². The van der Waals surface area contributed by atoms with Crippen LogP contribution in [0, 0.1) is 12.7 Å². The molecule has 0 aliphatic rings. The van der Waals surface area contributed by atoms with Crippen LogP contribution in [-0.2, 0) is 0 Å². The Balaban J connectivity index is 2.18. The van der Waals surface area contributed by atoms with Gasteiger partial charge in [-0.05, 0) is 25.1 Å². The average molecular weight is 235 g/mol. The van der Waals surface area contributed by atoms with Gasteiger partial charge in [0.05, 0.1) is 11.3 Å². The number of hydrogen-bond acceptors (Lipinski definition) is 3. The van der Waals surface area contributed by atoms with E-state index in [2.05, 4.69) is 5.32 Å². The first-order valence-electron chi connectivity index (χ1n) is 4.91. The van der Waals surface area contributed by atoms with E-state index in [-0.39, 0.29) is 11.4 Å². The molecule has 0 saturated heterocycles. The van der Waals surface area contributed by atoms with E-state index in [4.69, 9.17) is 9.52 Å². The minimum absolute atomic E-state index is 0.00616. The first-order chi connectivity index (χ1) is 8.06. The van der Waals surface area contributed by atoms with Crippen LogP contribution >= 0.6 is 0 Å². The number of nitrogens with one attached hydrogen (secondary N) is 1. The molecule has 2 N–H and O–H groups in total. The van der Waals surface area contributed by atoms with E-state index in [9.17, 15) is 9.18 Å². The summed E-state index contributed by atoms with van der Waals surface area (Å²) in [6, 6.07) is 5.05. The molecule has 1 aromatic carbocycles. The summed E-state index contributed by atoms with van der Waals surface area (Å²) in [5, 5.41) is 11.4. The first kappa shape index (κ1) is 11.2. The molecule has 0 aliphatic heterocycles. The second kappa shape index (κ2) is 4.29. The van der Waals surface area contributed by atoms with Gasteiger partial charge in [-0.15, -0.1) is 0 Å². The smallest absolute Gasteiger partial charge is 0.259 e. The SMILES string of the molecule is Cc1cc(C(=O)Nc2ccc(O)cc2F)co1. The highest BCUT2D eigenvalue weighted by atomic mass is 19.1. The molecule has 1 amide bonds. The van der Waals surface area contributed by atoms with Crippen molar-refractivity contribution in [3.05, 3.63) is 47.7 Å². The van der Waals surface area contributed by atoms with Crippen molar-refractivity contribution in [1.29, 1.82) is 0 Å². The molecule has 88 valence electrons. The second-order valence-electron chi connectivity index (χ2n) is 3.56. The second-order valence-corrected chi connectivity index (χ2v) is 3.56. The molecule has 2 rings (SSSR count). The molecular formula is C12H10FNO3. The van der Waals surface area contributed by atoms with Crippen LogP contribution < -0.4 is 5.32 Å². The summed E-state index contributed by atoms with van der Waals surface area (Å²) in [7, 11) is 0. The van der Waals surface area contributed by atoms with Gasteiger partial charge in [-0.2, -0.15) is 0 Å². The summed E-state index contributed by atoms with van der Waals surface area (Å²) in [6.07, 6.45) is 1.29. The van der Waals surface area contributed by atoms with Crippen molar-refractivity contribution >= 4 is 11.6 Å². The van der Waals surface area contributed by atoms with Crippen molar-refractivity contribution < 1.29 is 18.7 Å². The Bertz CT molecular complexity index is 563. The molecule has 0 saturated carbocycles. The molecule has 0 radical (unpaired) electrons. The van der Waals surface area contributed by atoms with Crippen molar-refractivity contribution in [3.63, 3.8) is 0 Å². The van der Waals surface area contributed by atoms with Gasteiger partial charge < -0.3 is 14.8 Å². The van der Waals surface area contributed by atoms with Crippen molar-refractivity contribution in [2.45, 2.75) is 6.92 Å². The van der Waals surface area contributed by atoms with Crippen LogP contribution in [0.15, 0.2) is 34.9 Å². The zero-order chi connectivity index (χ0) is 12.4. The molecule has 1 aromatic heterocycles. The van der Waals surface area contributed by atoms with Gasteiger partial charge in [-0.1, -0.05) is 0 Å². The number of aromatic hydroxyl groups is 1. The minimum atomic E-state index is -0.696. The third kappa shape index (κ3) is 2.44. The van der Waals surface area contributed by atoms with E-state index in [1.54, 1.807) is 13.0 Å². The Morgan fingerprint density at radius 1 is 1.41 bits per heavy atom. The number of carbonyl (C=O) groups excluding carboxylic acids is 1. The van der Waals surface area contributed by atoms with Gasteiger partial charge in [0.2, 0.25) is 0 Å². The van der Waals surface area contributed by atoms with Crippen molar-refractivity contribution in [2.75, 3.05) is 5.32 Å². The van der Waals surface area contributed by atoms with Gasteiger partial charge in [0.15, 0.2) is 0 Å². The van der Waals surface area contributed by atoms with E-state index >= 15 is 0 Å². The molecule has 0 bridgehead atoms. The van der Waals surface area contributed by atoms with E-state index in [1.165, 1.54) is 18.4 Å². The maximum absolute atomic E-state index is 13.3. The van der Waals surface area contributed by atoms with Gasteiger partial charge in [0, 0.05) is 6.07 Å². The molecule has 2 aromatic rings. The third-order valence-electron chi connectivity index (χ3n) is 2.19. The maximum atomic E-state index is 13.3. The van der Waals surface area contributed by atoms with Crippen molar-refractivity contribution in [1.82, 2.24) is 0 Å². The lowest BCUT2D eigenvalue weighted by Gasteiger charge is -2.04. The number of benzene rings is 1. The zero-order valence-electron chi connectivity index (χ0n) is 9.03. The topological polar surface area (TPSA) is 62.5 Å². The van der Waals surface area contributed by atoms with Gasteiger partial charge >= 0.3 is 0 Å². The van der Waals surface area contributed by atoms with Crippen LogP contribution in [-0.4, -0.2) is 11.0 Å². The van der Waals surface area contributed by atoms with Gasteiger partial charge in [-0.3, -0.25) is 4.79 Å². The fraction of sp³-hybridized carbons (Fsp3) is 0.0833. The Labute approximate surface area is 96.7 Å². The molecule has 0 atom stereocenters. The number of aryl methyl sites for hydroxylation is 1. The Hall–Kier alpha value is -2.30. The standard InChI is InChI=1S/C12H10FNO3/c1-7-4-8(6-17-7)12(16)14-11-3-2-9(15)5-10(11)13/h2-6,15H,1H3,(H,14,16). The fourth-order valence-electron chi connectivity index (χ4n) is 1.36. The molecule has 0 fully saturated rings. The normalized spacial score (nSPS) is 10.2. The molecule has 1 heterocycles. The van der Waals surface area contributed by atoms with E-state index in [1.807, 2.05) is 0 Å². The van der Waals surface area contributed by atoms with Crippen LogP contribution in [0.2, 0.25) is 0 Å². The van der Waals surface area contributed by atoms with Gasteiger partial charge in [0.1, 0.15) is 23.6 Å². The first-order valence-corrected chi connectivity index (χ1v) is 4.91. The third-order valence-corrected chi connectivity index (χ3v) is 2.19. The predicted molar refractivity (Wildman–Crippen MR) is 59.5 cm³/mol. The number of furan rings is 1. The monoisotopic (exact) mass is 235 g/mol. The Morgan fingerprint density at radius 2 is 2.18 bits per heavy atom. The number of rotatable bonds is 2. The predicted octanol–water partition coefficient (Wildman–Crippen LogP) is 2.69. The van der Waals surface area contributed by atoms with Crippen molar-refractivity contribution in [2.24, 2.45) is 0 Å². The summed E-state index contributed by atoms with van der Waals surface area (Å²) in [5.74, 6) is -0.758. The number of phenols is 1. The molecule has 17 heavy (non-hydrogen) atoms. The molecule has 0 unspecified atom stereocenters. The summed E-state index contributed by atoms with van der Waals surface area (Å²) >= 11 is 0. The number of halogens is 1. The Morgan fingerprint density at radius 3 is 2.76 bits per heavy atom. The fourth-order valence-corrected chi connectivity index (χ4v) is 1.36. The largest absolute Gasteiger partial charge is 0.508 e. The van der Waals surface area contributed by atoms with E-state index in [0.29, 0.717) is 11.3 Å². The molecular weight excluding hydrogens is 225 g/mol. The summed E-state index contributed by atoms with van der Waals surface area (Å²) in [6.45, 7) is 1.71. The summed E-state index contributed by atoms with van der Waals surface area (Å²) in [5.41, 5.74) is 0.321. The summed E-state index contributed by atoms with van der Waals surface area (Å²) in [4.78, 5) is 11.7. The molecule has 4 nitrogen and oxygen atoms in total. The minimum Gasteiger partial charge on any atom is -0.508 e. The molecule has 0 spiro atoms. The van der Waals surface area contributed by atoms with Crippen LogP contribution in [0.5, 0.6) is 5.75 Å². The highest BCUT2D eigenvalue weighted by Crippen LogP contribution is 2.20. The highest BCUT2D eigenvalue weighted by Gasteiger charge is 2.11. The number of carbonyl (C=O) groups is 1. The average Bonchev–Trinajstić information content (AvgIpc) is 2.69. The number of amides is 1. The number of hydrogen-bond donors (Lipinski definition) is 2. The van der Waals surface area contributed by atoms with Crippen LogP contribution in [0.25, 0.3) is 0 Å². The lowest BCUT2D eigenvalue weighted by molar-refractivity contribution is 0.102. The van der Waals surface area contributed by atoms with Crippen LogP contribution in [0.1, 0.15) is 16.1 Å². The van der Waals surface area contributed by atoms with Crippen LogP contribution in [0.3, 0.4) is 0 Å². The number of phenolic OH excluding ortho intramolecular Hbond substituents is 1. The van der Waals surface area contributed by atoms with Gasteiger partial charge in [-0.25, -0.2) is 4.39 Å². The molecule has 0 aliphatic carbocycles.